The van der Waals surface area contributed by atoms with Crippen LogP contribution in [0.25, 0.3) is 16.3 Å². The molecule has 0 amide bonds. The molecule has 0 bridgehead atoms. The zero-order valence-corrected chi connectivity index (χ0v) is 9.53. The fourth-order valence-electron chi connectivity index (χ4n) is 1.82. The molecule has 2 aromatic rings. The summed E-state index contributed by atoms with van der Waals surface area (Å²) in [7, 11) is 0. The molecule has 16 heavy (non-hydrogen) atoms. The van der Waals surface area contributed by atoms with Crippen LogP contribution >= 0.6 is 0 Å². The number of carbonyl (C=O) groups excluding carboxylic acids is 1. The molecule has 0 radical (unpaired) electrons. The first-order chi connectivity index (χ1) is 7.66. The van der Waals surface area contributed by atoms with E-state index in [4.69, 9.17) is 0 Å². The van der Waals surface area contributed by atoms with Crippen molar-refractivity contribution in [1.82, 2.24) is 0 Å². The lowest BCUT2D eigenvalue weighted by Crippen LogP contribution is -1.86. The Kier molecular flexibility index (Phi) is 2.86. The van der Waals surface area contributed by atoms with Gasteiger partial charge in [-0.3, -0.25) is 4.79 Å². The Balaban J connectivity index is 2.51. The van der Waals surface area contributed by atoms with Crippen molar-refractivity contribution in [3.05, 3.63) is 54.1 Å². The van der Waals surface area contributed by atoms with Gasteiger partial charge in [0.15, 0.2) is 5.78 Å². The first-order valence-electron chi connectivity index (χ1n) is 5.35. The molecule has 0 N–H and O–H groups in total. The van der Waals surface area contributed by atoms with E-state index < -0.39 is 0 Å². The highest BCUT2D eigenvalue weighted by Gasteiger charge is 1.99. The monoisotopic (exact) mass is 210 g/mol. The maximum absolute atomic E-state index is 11.0. The fraction of sp³-hybridized carbons (Fsp3) is 0.133. The molecular formula is C15H14O. The molecule has 2 rings (SSSR count). The summed E-state index contributed by atoms with van der Waals surface area (Å²) in [4.78, 5) is 11.0. The maximum Gasteiger partial charge on any atom is 0.152 e. The molecule has 0 aliphatic carbocycles. The summed E-state index contributed by atoms with van der Waals surface area (Å²) in [6.07, 6.45) is 1.67. The average molecular weight is 210 g/mol. The summed E-state index contributed by atoms with van der Waals surface area (Å²) in [5.41, 5.74) is 2.12. The first kappa shape index (κ1) is 10.6. The third-order valence-corrected chi connectivity index (χ3v) is 2.62. The number of fused-ring (bicyclic) bond motifs is 1. The van der Waals surface area contributed by atoms with E-state index >= 15 is 0 Å². The van der Waals surface area contributed by atoms with E-state index in [1.54, 1.807) is 13.0 Å². The molecule has 0 atom stereocenters. The van der Waals surface area contributed by atoms with Crippen LogP contribution in [-0.2, 0) is 4.79 Å². The molecule has 0 saturated carbocycles. The number of hydrogen-bond acceptors (Lipinski definition) is 1. The number of carbonyl (C=O) groups is 1. The van der Waals surface area contributed by atoms with Gasteiger partial charge in [0, 0.05) is 0 Å². The Morgan fingerprint density at radius 2 is 1.69 bits per heavy atom. The van der Waals surface area contributed by atoms with Crippen molar-refractivity contribution in [2.45, 2.75) is 13.8 Å². The van der Waals surface area contributed by atoms with Crippen LogP contribution in [0.1, 0.15) is 19.4 Å². The molecule has 80 valence electrons. The van der Waals surface area contributed by atoms with Gasteiger partial charge < -0.3 is 0 Å². The van der Waals surface area contributed by atoms with Crippen LogP contribution in [0.2, 0.25) is 0 Å². The Hall–Kier alpha value is -1.89. The van der Waals surface area contributed by atoms with Crippen molar-refractivity contribution >= 4 is 22.1 Å². The molecule has 0 aromatic heterocycles. The highest BCUT2D eigenvalue weighted by atomic mass is 16.1. The van der Waals surface area contributed by atoms with Crippen LogP contribution in [0.15, 0.2) is 48.5 Å². The molecule has 2 aromatic carbocycles. The Bertz CT molecular complexity index is 564. The fourth-order valence-corrected chi connectivity index (χ4v) is 1.82. The lowest BCUT2D eigenvalue weighted by Gasteiger charge is -2.03. The molecule has 0 saturated heterocycles. The molecule has 0 aliphatic rings. The van der Waals surface area contributed by atoms with Crippen LogP contribution in [0.5, 0.6) is 0 Å². The van der Waals surface area contributed by atoms with E-state index in [1.165, 1.54) is 10.8 Å². The van der Waals surface area contributed by atoms with E-state index in [1.807, 2.05) is 19.1 Å². The van der Waals surface area contributed by atoms with E-state index in [9.17, 15) is 4.79 Å². The zero-order chi connectivity index (χ0) is 11.5. The first-order valence-corrected chi connectivity index (χ1v) is 5.35. The smallest absolute Gasteiger partial charge is 0.152 e. The minimum atomic E-state index is 0.0886. The highest BCUT2D eigenvalue weighted by molar-refractivity contribution is 5.96. The van der Waals surface area contributed by atoms with Gasteiger partial charge in [0.05, 0.1) is 0 Å². The van der Waals surface area contributed by atoms with Crippen LogP contribution in [0.4, 0.5) is 0 Å². The molecule has 1 nitrogen and oxygen atoms in total. The second kappa shape index (κ2) is 4.31. The molecule has 0 spiro atoms. The lowest BCUT2D eigenvalue weighted by molar-refractivity contribution is -0.112. The van der Waals surface area contributed by atoms with Gasteiger partial charge in [-0.15, -0.1) is 0 Å². The topological polar surface area (TPSA) is 17.1 Å². The zero-order valence-electron chi connectivity index (χ0n) is 9.53. The van der Waals surface area contributed by atoms with Gasteiger partial charge in [-0.1, -0.05) is 36.4 Å². The minimum absolute atomic E-state index is 0.0886. The quantitative estimate of drug-likeness (QED) is 0.688. The largest absolute Gasteiger partial charge is 0.295 e. The average Bonchev–Trinajstić information content (AvgIpc) is 2.27. The van der Waals surface area contributed by atoms with E-state index in [0.29, 0.717) is 0 Å². The van der Waals surface area contributed by atoms with Gasteiger partial charge in [0.25, 0.3) is 0 Å². The third kappa shape index (κ3) is 2.19. The van der Waals surface area contributed by atoms with Crippen molar-refractivity contribution < 1.29 is 4.79 Å². The predicted molar refractivity (Wildman–Crippen MR) is 68.3 cm³/mol. The molecule has 0 unspecified atom stereocenters. The second-order valence-corrected chi connectivity index (χ2v) is 4.00. The normalized spacial score (nSPS) is 11.8. The summed E-state index contributed by atoms with van der Waals surface area (Å²) in [5.74, 6) is 0.0886. The second-order valence-electron chi connectivity index (χ2n) is 4.00. The van der Waals surface area contributed by atoms with Crippen molar-refractivity contribution in [2.75, 3.05) is 0 Å². The Morgan fingerprint density at radius 3 is 2.38 bits per heavy atom. The molecule has 1 heteroatoms. The standard InChI is InChI=1S/C15H14O/c1-11(9-12(2)16)14-8-7-13-5-3-4-6-15(13)10-14/h3-10H,1-2H3. The van der Waals surface area contributed by atoms with Gasteiger partial charge in [-0.2, -0.15) is 0 Å². The summed E-state index contributed by atoms with van der Waals surface area (Å²) >= 11 is 0. The van der Waals surface area contributed by atoms with E-state index in [0.717, 1.165) is 11.1 Å². The van der Waals surface area contributed by atoms with Crippen molar-refractivity contribution in [1.29, 1.82) is 0 Å². The Morgan fingerprint density at radius 1 is 1.00 bits per heavy atom. The number of ketones is 1. The van der Waals surface area contributed by atoms with Crippen molar-refractivity contribution in [2.24, 2.45) is 0 Å². The summed E-state index contributed by atoms with van der Waals surface area (Å²) in [6.45, 7) is 3.54. The van der Waals surface area contributed by atoms with Gasteiger partial charge >= 0.3 is 0 Å². The van der Waals surface area contributed by atoms with Crippen molar-refractivity contribution in [3.8, 4) is 0 Å². The van der Waals surface area contributed by atoms with Crippen LogP contribution in [0, 0.1) is 0 Å². The van der Waals surface area contributed by atoms with Crippen LogP contribution in [-0.4, -0.2) is 5.78 Å². The highest BCUT2D eigenvalue weighted by Crippen LogP contribution is 2.20. The summed E-state index contributed by atoms with van der Waals surface area (Å²) in [5, 5.41) is 2.43. The Labute approximate surface area is 95.4 Å². The number of allylic oxidation sites excluding steroid dienone is 2. The molecule has 0 heterocycles. The third-order valence-electron chi connectivity index (χ3n) is 2.62. The SMILES string of the molecule is CC(=O)C=C(C)c1ccc2ccccc2c1. The van der Waals surface area contributed by atoms with E-state index in [2.05, 4.69) is 30.3 Å². The molecule has 0 fully saturated rings. The van der Waals surface area contributed by atoms with Gasteiger partial charge in [0.1, 0.15) is 0 Å². The van der Waals surface area contributed by atoms with E-state index in [-0.39, 0.29) is 5.78 Å². The van der Waals surface area contributed by atoms with Gasteiger partial charge in [-0.25, -0.2) is 0 Å². The van der Waals surface area contributed by atoms with Crippen LogP contribution in [0.3, 0.4) is 0 Å². The predicted octanol–water partition coefficient (Wildman–Crippen LogP) is 3.83. The molecule has 0 aliphatic heterocycles. The van der Waals surface area contributed by atoms with Crippen LogP contribution < -0.4 is 0 Å². The maximum atomic E-state index is 11.0. The molecular weight excluding hydrogens is 196 g/mol. The number of benzene rings is 2. The number of rotatable bonds is 2. The van der Waals surface area contributed by atoms with Gasteiger partial charge in [-0.05, 0) is 47.9 Å². The van der Waals surface area contributed by atoms with Gasteiger partial charge in [0.2, 0.25) is 0 Å². The summed E-state index contributed by atoms with van der Waals surface area (Å²) < 4.78 is 0. The lowest BCUT2D eigenvalue weighted by atomic mass is 10.0. The van der Waals surface area contributed by atoms with Crippen molar-refractivity contribution in [3.63, 3.8) is 0 Å². The minimum Gasteiger partial charge on any atom is -0.295 e. The summed E-state index contributed by atoms with van der Waals surface area (Å²) in [6, 6.07) is 14.5. The number of hydrogen-bond donors (Lipinski definition) is 0.